The molecule has 0 bridgehead atoms. The monoisotopic (exact) mass is 239 g/mol. The smallest absolute Gasteiger partial charge is 0.236 e. The van der Waals surface area contributed by atoms with Gasteiger partial charge in [-0.3, -0.25) is 9.69 Å². The lowest BCUT2D eigenvalue weighted by atomic mass is 10.2. The van der Waals surface area contributed by atoms with Crippen molar-refractivity contribution in [2.75, 3.05) is 19.6 Å². The maximum Gasteiger partial charge on any atom is 0.236 e. The lowest BCUT2D eigenvalue weighted by Gasteiger charge is -2.32. The van der Waals surface area contributed by atoms with Crippen LogP contribution in [0.3, 0.4) is 0 Å². The van der Waals surface area contributed by atoms with Gasteiger partial charge in [0.25, 0.3) is 0 Å². The van der Waals surface area contributed by atoms with Crippen molar-refractivity contribution in [1.82, 2.24) is 20.4 Å². The minimum atomic E-state index is -0.323. The first-order chi connectivity index (χ1) is 8.20. The third-order valence-corrected chi connectivity index (χ3v) is 2.84. The van der Waals surface area contributed by atoms with E-state index in [9.17, 15) is 4.79 Å². The fraction of sp³-hybridized carbons (Fsp3) is 0.700. The third-order valence-electron chi connectivity index (χ3n) is 2.84. The summed E-state index contributed by atoms with van der Waals surface area (Å²) in [6.45, 7) is 4.62. The summed E-state index contributed by atoms with van der Waals surface area (Å²) in [4.78, 5) is 17.5. The van der Waals surface area contributed by atoms with Gasteiger partial charge in [-0.05, 0) is 0 Å². The number of amides is 1. The van der Waals surface area contributed by atoms with Crippen LogP contribution in [0.1, 0.15) is 18.6 Å². The van der Waals surface area contributed by atoms with Crippen LogP contribution in [0.2, 0.25) is 0 Å². The molecule has 1 aromatic heterocycles. The second kappa shape index (κ2) is 5.24. The number of aromatic nitrogens is 2. The Kier molecular flexibility index (Phi) is 3.70. The molecule has 1 saturated heterocycles. The van der Waals surface area contributed by atoms with E-state index in [1.807, 2.05) is 11.8 Å². The zero-order valence-corrected chi connectivity index (χ0v) is 9.85. The molecule has 2 rings (SSSR count). The van der Waals surface area contributed by atoms with Crippen LogP contribution in [0.4, 0.5) is 0 Å². The number of piperazine rings is 1. The quantitative estimate of drug-likeness (QED) is 0.691. The average Bonchev–Trinajstić information content (AvgIpc) is 2.77. The molecule has 1 unspecified atom stereocenters. The number of carbonyl (C=O) groups excluding carboxylic acids is 1. The number of rotatable bonds is 4. The third kappa shape index (κ3) is 2.80. The topological polar surface area (TPSA) is 97.3 Å². The lowest BCUT2D eigenvalue weighted by molar-refractivity contribution is -0.124. The highest BCUT2D eigenvalue weighted by molar-refractivity contribution is 5.80. The summed E-state index contributed by atoms with van der Waals surface area (Å²) < 4.78 is 5.03. The molecule has 7 heteroatoms. The zero-order valence-electron chi connectivity index (χ0n) is 9.85. The number of nitrogens with one attached hydrogen (secondary N) is 1. The molecule has 1 atom stereocenters. The average molecular weight is 239 g/mol. The molecule has 7 nitrogen and oxygen atoms in total. The molecular formula is C10H17N5O2. The summed E-state index contributed by atoms with van der Waals surface area (Å²) in [5, 5.41) is 7.02. The van der Waals surface area contributed by atoms with Gasteiger partial charge in [-0.2, -0.15) is 4.98 Å². The van der Waals surface area contributed by atoms with Gasteiger partial charge in [0.2, 0.25) is 11.8 Å². The Balaban J connectivity index is 2.02. The van der Waals surface area contributed by atoms with Gasteiger partial charge >= 0.3 is 0 Å². The van der Waals surface area contributed by atoms with Crippen LogP contribution >= 0.6 is 0 Å². The van der Waals surface area contributed by atoms with Crippen molar-refractivity contribution in [3.63, 3.8) is 0 Å². The van der Waals surface area contributed by atoms with Gasteiger partial charge in [0.05, 0.1) is 6.54 Å². The van der Waals surface area contributed by atoms with Crippen LogP contribution in [0.15, 0.2) is 4.52 Å². The van der Waals surface area contributed by atoms with E-state index in [2.05, 4.69) is 15.5 Å². The Morgan fingerprint density at radius 3 is 3.18 bits per heavy atom. The van der Waals surface area contributed by atoms with Crippen LogP contribution in [-0.4, -0.2) is 46.6 Å². The van der Waals surface area contributed by atoms with Gasteiger partial charge in [0.15, 0.2) is 5.82 Å². The van der Waals surface area contributed by atoms with E-state index in [4.69, 9.17) is 10.3 Å². The number of nitrogens with zero attached hydrogens (tertiary/aromatic N) is 3. The van der Waals surface area contributed by atoms with Gasteiger partial charge in [-0.25, -0.2) is 0 Å². The number of hydrogen-bond acceptors (Lipinski definition) is 6. The van der Waals surface area contributed by atoms with Crippen molar-refractivity contribution >= 4 is 5.91 Å². The number of aryl methyl sites for hydroxylation is 1. The first-order valence-corrected chi connectivity index (χ1v) is 5.76. The fourth-order valence-electron chi connectivity index (χ4n) is 1.90. The summed E-state index contributed by atoms with van der Waals surface area (Å²) in [6.07, 6.45) is 0.716. The number of primary amides is 1. The Morgan fingerprint density at radius 1 is 1.71 bits per heavy atom. The normalized spacial score (nSPS) is 21.6. The standard InChI is InChI=1S/C10H17N5O2/c1-2-9-13-8(14-17-9)6-15-4-3-12-5-7(15)10(11)16/h7,12H,2-6H2,1H3,(H2,11,16). The molecule has 1 aromatic rings. The molecule has 1 aliphatic heterocycles. The highest BCUT2D eigenvalue weighted by Crippen LogP contribution is 2.08. The van der Waals surface area contributed by atoms with E-state index < -0.39 is 0 Å². The van der Waals surface area contributed by atoms with Gasteiger partial charge in [-0.15, -0.1) is 0 Å². The molecule has 2 heterocycles. The van der Waals surface area contributed by atoms with Crippen molar-refractivity contribution in [3.8, 4) is 0 Å². The predicted molar refractivity (Wildman–Crippen MR) is 59.9 cm³/mol. The van der Waals surface area contributed by atoms with Gasteiger partial charge in [-0.1, -0.05) is 12.1 Å². The maximum absolute atomic E-state index is 11.3. The van der Waals surface area contributed by atoms with Gasteiger partial charge < -0.3 is 15.6 Å². The summed E-state index contributed by atoms with van der Waals surface area (Å²) in [5.74, 6) is 0.900. The molecule has 94 valence electrons. The molecule has 3 N–H and O–H groups in total. The summed E-state index contributed by atoms with van der Waals surface area (Å²) >= 11 is 0. The molecule has 17 heavy (non-hydrogen) atoms. The van der Waals surface area contributed by atoms with Crippen molar-refractivity contribution in [1.29, 1.82) is 0 Å². The number of nitrogens with two attached hydrogens (primary N) is 1. The van der Waals surface area contributed by atoms with Gasteiger partial charge in [0.1, 0.15) is 6.04 Å². The Hall–Kier alpha value is -1.47. The zero-order chi connectivity index (χ0) is 12.3. The van der Waals surface area contributed by atoms with Crippen molar-refractivity contribution in [2.45, 2.75) is 25.9 Å². The molecule has 0 saturated carbocycles. The van der Waals surface area contributed by atoms with E-state index in [1.54, 1.807) is 0 Å². The van der Waals surface area contributed by atoms with Crippen LogP contribution in [0.5, 0.6) is 0 Å². The van der Waals surface area contributed by atoms with Crippen LogP contribution in [0.25, 0.3) is 0 Å². The molecule has 0 aromatic carbocycles. The maximum atomic E-state index is 11.3. The molecule has 1 amide bonds. The molecule has 1 fully saturated rings. The molecule has 0 aliphatic carbocycles. The molecular weight excluding hydrogens is 222 g/mol. The fourth-order valence-corrected chi connectivity index (χ4v) is 1.90. The van der Waals surface area contributed by atoms with Crippen LogP contribution < -0.4 is 11.1 Å². The Bertz CT molecular complexity index is 392. The van der Waals surface area contributed by atoms with Crippen LogP contribution in [0, 0.1) is 0 Å². The lowest BCUT2D eigenvalue weighted by Crippen LogP contribution is -2.56. The van der Waals surface area contributed by atoms with Crippen LogP contribution in [-0.2, 0) is 17.8 Å². The van der Waals surface area contributed by atoms with Crippen molar-refractivity contribution in [3.05, 3.63) is 11.7 Å². The van der Waals surface area contributed by atoms with Gasteiger partial charge in [0, 0.05) is 26.1 Å². The Morgan fingerprint density at radius 2 is 2.53 bits per heavy atom. The second-order valence-corrected chi connectivity index (χ2v) is 4.05. The highest BCUT2D eigenvalue weighted by atomic mass is 16.5. The van der Waals surface area contributed by atoms with E-state index in [0.29, 0.717) is 31.2 Å². The summed E-state index contributed by atoms with van der Waals surface area (Å²) in [6, 6.07) is -0.299. The number of hydrogen-bond donors (Lipinski definition) is 2. The van der Waals surface area contributed by atoms with E-state index in [0.717, 1.165) is 13.1 Å². The van der Waals surface area contributed by atoms with E-state index in [-0.39, 0.29) is 11.9 Å². The summed E-state index contributed by atoms with van der Waals surface area (Å²) in [7, 11) is 0. The van der Waals surface area contributed by atoms with Crippen molar-refractivity contribution < 1.29 is 9.32 Å². The molecule has 0 spiro atoms. The number of carbonyl (C=O) groups is 1. The molecule has 1 aliphatic rings. The summed E-state index contributed by atoms with van der Waals surface area (Å²) in [5.41, 5.74) is 5.36. The SMILES string of the molecule is CCc1nc(CN2CCNCC2C(N)=O)no1. The molecule has 0 radical (unpaired) electrons. The highest BCUT2D eigenvalue weighted by Gasteiger charge is 2.27. The van der Waals surface area contributed by atoms with E-state index in [1.165, 1.54) is 0 Å². The first kappa shape index (κ1) is 12.0. The minimum Gasteiger partial charge on any atom is -0.368 e. The second-order valence-electron chi connectivity index (χ2n) is 4.05. The first-order valence-electron chi connectivity index (χ1n) is 5.76. The Labute approximate surface area is 99.3 Å². The largest absolute Gasteiger partial charge is 0.368 e. The van der Waals surface area contributed by atoms with E-state index >= 15 is 0 Å². The van der Waals surface area contributed by atoms with Crippen molar-refractivity contribution in [2.24, 2.45) is 5.73 Å². The predicted octanol–water partition coefficient (Wildman–Crippen LogP) is -1.11. The minimum absolute atomic E-state index is 0.299.